The second-order valence-electron chi connectivity index (χ2n) is 4.94. The van der Waals surface area contributed by atoms with E-state index < -0.39 is 5.60 Å². The zero-order valence-electron chi connectivity index (χ0n) is 11.8. The van der Waals surface area contributed by atoms with Crippen LogP contribution in [0, 0.1) is 6.92 Å². The van der Waals surface area contributed by atoms with Crippen molar-refractivity contribution in [2.75, 3.05) is 13.1 Å². The van der Waals surface area contributed by atoms with E-state index in [1.165, 1.54) is 0 Å². The fraction of sp³-hybridized carbons (Fsp3) is 0.769. The summed E-state index contributed by atoms with van der Waals surface area (Å²) in [5.74, 6) is 0. The fourth-order valence-corrected chi connectivity index (χ4v) is 2.22. The summed E-state index contributed by atoms with van der Waals surface area (Å²) in [6.45, 7) is 10.3. The third-order valence-electron chi connectivity index (χ3n) is 3.09. The van der Waals surface area contributed by atoms with Crippen molar-refractivity contribution in [3.05, 3.63) is 16.4 Å². The smallest absolute Gasteiger partial charge is 0.0848 e. The molecule has 1 unspecified atom stereocenters. The summed E-state index contributed by atoms with van der Waals surface area (Å²) in [7, 11) is 0. The summed E-state index contributed by atoms with van der Waals surface area (Å²) in [5.41, 5.74) is 1.000. The lowest BCUT2D eigenvalue weighted by atomic mass is 9.96. The maximum absolute atomic E-state index is 10.4. The van der Waals surface area contributed by atoms with Crippen molar-refractivity contribution in [2.45, 2.75) is 52.7 Å². The van der Waals surface area contributed by atoms with Crippen molar-refractivity contribution >= 4 is 11.6 Å². The largest absolute Gasteiger partial charge is 0.390 e. The Morgan fingerprint density at radius 2 is 2.11 bits per heavy atom. The second-order valence-corrected chi connectivity index (χ2v) is 5.32. The number of rotatable bonds is 7. The summed E-state index contributed by atoms with van der Waals surface area (Å²) in [6.07, 6.45) is 1.23. The Kier molecular flexibility index (Phi) is 5.63. The molecule has 0 aliphatic rings. The van der Waals surface area contributed by atoms with Crippen LogP contribution in [0.25, 0.3) is 0 Å². The van der Waals surface area contributed by atoms with Gasteiger partial charge in [0.2, 0.25) is 0 Å². The van der Waals surface area contributed by atoms with E-state index >= 15 is 0 Å². The minimum Gasteiger partial charge on any atom is -0.390 e. The number of nitrogens with one attached hydrogen (secondary N) is 1. The van der Waals surface area contributed by atoms with Crippen LogP contribution in [0.15, 0.2) is 0 Å². The van der Waals surface area contributed by atoms with E-state index in [9.17, 15) is 5.11 Å². The van der Waals surface area contributed by atoms with E-state index in [1.54, 1.807) is 0 Å². The van der Waals surface area contributed by atoms with Crippen LogP contribution in [0.4, 0.5) is 0 Å². The van der Waals surface area contributed by atoms with Gasteiger partial charge in [-0.15, -0.1) is 0 Å². The molecule has 4 nitrogen and oxygen atoms in total. The van der Waals surface area contributed by atoms with E-state index in [2.05, 4.69) is 17.3 Å². The van der Waals surface area contributed by atoms with Crippen LogP contribution in [0.5, 0.6) is 0 Å². The Hall–Kier alpha value is -0.580. The van der Waals surface area contributed by atoms with E-state index in [4.69, 9.17) is 11.6 Å². The first-order chi connectivity index (χ1) is 8.41. The summed E-state index contributed by atoms with van der Waals surface area (Å²) in [5, 5.41) is 18.7. The highest BCUT2D eigenvalue weighted by Crippen LogP contribution is 2.25. The van der Waals surface area contributed by atoms with Crippen LogP contribution in [0.2, 0.25) is 5.02 Å². The van der Waals surface area contributed by atoms with Gasteiger partial charge in [-0.3, -0.25) is 4.68 Å². The SMILES string of the molecule is CCNCCC(C)(O)Cc1c(Cl)c(C)nn1CC. The van der Waals surface area contributed by atoms with Gasteiger partial charge in [-0.05, 0) is 40.3 Å². The monoisotopic (exact) mass is 273 g/mol. The number of nitrogens with zero attached hydrogens (tertiary/aromatic N) is 2. The van der Waals surface area contributed by atoms with Gasteiger partial charge in [0.05, 0.1) is 22.0 Å². The molecule has 18 heavy (non-hydrogen) atoms. The Morgan fingerprint density at radius 3 is 2.67 bits per heavy atom. The van der Waals surface area contributed by atoms with Gasteiger partial charge < -0.3 is 10.4 Å². The molecule has 0 radical (unpaired) electrons. The van der Waals surface area contributed by atoms with Gasteiger partial charge in [-0.2, -0.15) is 5.10 Å². The topological polar surface area (TPSA) is 50.1 Å². The molecular formula is C13H24ClN3O. The summed E-state index contributed by atoms with van der Waals surface area (Å²) in [6, 6.07) is 0. The van der Waals surface area contributed by atoms with Crippen molar-refractivity contribution in [1.29, 1.82) is 0 Å². The number of aromatic nitrogens is 2. The number of aliphatic hydroxyl groups is 1. The maximum atomic E-state index is 10.4. The van der Waals surface area contributed by atoms with Crippen LogP contribution >= 0.6 is 11.6 Å². The van der Waals surface area contributed by atoms with Crippen molar-refractivity contribution < 1.29 is 5.11 Å². The van der Waals surface area contributed by atoms with E-state index in [1.807, 2.05) is 25.5 Å². The Bertz CT molecular complexity index is 388. The Balaban J connectivity index is 2.76. The highest BCUT2D eigenvalue weighted by Gasteiger charge is 2.25. The van der Waals surface area contributed by atoms with Crippen LogP contribution in [0.3, 0.4) is 0 Å². The highest BCUT2D eigenvalue weighted by atomic mass is 35.5. The van der Waals surface area contributed by atoms with Crippen LogP contribution in [-0.2, 0) is 13.0 Å². The van der Waals surface area contributed by atoms with Crippen molar-refractivity contribution in [2.24, 2.45) is 0 Å². The first-order valence-electron chi connectivity index (χ1n) is 6.56. The normalized spacial score (nSPS) is 14.8. The molecule has 0 aromatic carbocycles. The second kappa shape index (κ2) is 6.55. The lowest BCUT2D eigenvalue weighted by Crippen LogP contribution is -2.33. The maximum Gasteiger partial charge on any atom is 0.0848 e. The van der Waals surface area contributed by atoms with Gasteiger partial charge in [0.25, 0.3) is 0 Å². The minimum absolute atomic E-state index is 0.534. The average molecular weight is 274 g/mol. The molecule has 1 atom stereocenters. The van der Waals surface area contributed by atoms with Crippen molar-refractivity contribution in [1.82, 2.24) is 15.1 Å². The molecule has 0 saturated carbocycles. The van der Waals surface area contributed by atoms with Gasteiger partial charge in [-0.1, -0.05) is 18.5 Å². The van der Waals surface area contributed by atoms with E-state index in [0.717, 1.165) is 31.0 Å². The summed E-state index contributed by atoms with van der Waals surface area (Å²) >= 11 is 6.25. The molecule has 0 bridgehead atoms. The quantitative estimate of drug-likeness (QED) is 0.749. The van der Waals surface area contributed by atoms with Gasteiger partial charge in [0.15, 0.2) is 0 Å². The molecule has 1 rings (SSSR count). The van der Waals surface area contributed by atoms with Gasteiger partial charge in [0, 0.05) is 13.0 Å². The van der Waals surface area contributed by atoms with Gasteiger partial charge >= 0.3 is 0 Å². The summed E-state index contributed by atoms with van der Waals surface area (Å²) < 4.78 is 1.87. The van der Waals surface area contributed by atoms with Gasteiger partial charge in [-0.25, -0.2) is 0 Å². The molecule has 5 heteroatoms. The Morgan fingerprint density at radius 1 is 1.44 bits per heavy atom. The molecule has 0 spiro atoms. The van der Waals surface area contributed by atoms with Crippen LogP contribution in [0.1, 0.15) is 38.6 Å². The zero-order valence-corrected chi connectivity index (χ0v) is 12.5. The molecule has 0 amide bonds. The van der Waals surface area contributed by atoms with Crippen molar-refractivity contribution in [3.63, 3.8) is 0 Å². The molecule has 1 aromatic heterocycles. The molecular weight excluding hydrogens is 250 g/mol. The van der Waals surface area contributed by atoms with E-state index in [-0.39, 0.29) is 0 Å². The lowest BCUT2D eigenvalue weighted by Gasteiger charge is -2.24. The third kappa shape index (κ3) is 3.97. The number of halogens is 1. The molecule has 1 heterocycles. The molecule has 0 aliphatic heterocycles. The molecule has 2 N–H and O–H groups in total. The molecule has 1 aromatic rings. The molecule has 0 fully saturated rings. The minimum atomic E-state index is -0.759. The summed E-state index contributed by atoms with van der Waals surface area (Å²) in [4.78, 5) is 0. The Labute approximate surface area is 114 Å². The van der Waals surface area contributed by atoms with E-state index in [0.29, 0.717) is 17.9 Å². The number of hydrogen-bond acceptors (Lipinski definition) is 3. The standard InChI is InChI=1S/C13H24ClN3O/c1-5-15-8-7-13(4,18)9-11-12(14)10(3)16-17(11)6-2/h15,18H,5-9H2,1-4H3. The third-order valence-corrected chi connectivity index (χ3v) is 3.58. The fourth-order valence-electron chi connectivity index (χ4n) is 2.02. The number of aryl methyl sites for hydroxylation is 2. The predicted molar refractivity (Wildman–Crippen MR) is 75.1 cm³/mol. The first-order valence-corrected chi connectivity index (χ1v) is 6.94. The molecule has 104 valence electrons. The average Bonchev–Trinajstić information content (AvgIpc) is 2.56. The van der Waals surface area contributed by atoms with Crippen molar-refractivity contribution in [3.8, 4) is 0 Å². The van der Waals surface area contributed by atoms with Gasteiger partial charge in [0.1, 0.15) is 0 Å². The first kappa shape index (κ1) is 15.5. The lowest BCUT2D eigenvalue weighted by molar-refractivity contribution is 0.0496. The predicted octanol–water partition coefficient (Wildman–Crippen LogP) is 2.16. The van der Waals surface area contributed by atoms with Crippen LogP contribution < -0.4 is 5.32 Å². The number of hydrogen-bond donors (Lipinski definition) is 2. The van der Waals surface area contributed by atoms with Crippen LogP contribution in [-0.4, -0.2) is 33.6 Å². The zero-order chi connectivity index (χ0) is 13.8. The molecule has 0 saturated heterocycles. The highest BCUT2D eigenvalue weighted by molar-refractivity contribution is 6.31. The molecule has 0 aliphatic carbocycles.